The molecule has 0 aromatic rings. The van der Waals surface area contributed by atoms with Gasteiger partial charge in [0.25, 0.3) is 0 Å². The first-order chi connectivity index (χ1) is 9.38. The highest BCUT2D eigenvalue weighted by Crippen LogP contribution is 2.40. The highest BCUT2D eigenvalue weighted by molar-refractivity contribution is 5.97. The Balaban J connectivity index is 2.21. The molecule has 2 N–H and O–H groups in total. The van der Waals surface area contributed by atoms with Gasteiger partial charge in [-0.2, -0.15) is 0 Å². The van der Waals surface area contributed by atoms with E-state index in [1.165, 1.54) is 0 Å². The van der Waals surface area contributed by atoms with Crippen molar-refractivity contribution in [3.63, 3.8) is 0 Å². The van der Waals surface area contributed by atoms with Crippen LogP contribution in [0, 0.1) is 23.7 Å². The van der Waals surface area contributed by atoms with Gasteiger partial charge in [-0.15, -0.1) is 0 Å². The van der Waals surface area contributed by atoms with E-state index in [1.807, 2.05) is 6.92 Å². The van der Waals surface area contributed by atoms with Crippen molar-refractivity contribution < 1.29 is 19.5 Å². The molecule has 5 nitrogen and oxygen atoms in total. The van der Waals surface area contributed by atoms with Crippen molar-refractivity contribution in [1.82, 2.24) is 5.32 Å². The zero-order chi connectivity index (χ0) is 14.9. The van der Waals surface area contributed by atoms with Gasteiger partial charge >= 0.3 is 0 Å². The van der Waals surface area contributed by atoms with E-state index in [0.29, 0.717) is 18.8 Å². The minimum atomic E-state index is -0.733. The van der Waals surface area contributed by atoms with E-state index in [4.69, 9.17) is 0 Å². The Labute approximate surface area is 119 Å². The fourth-order valence-corrected chi connectivity index (χ4v) is 3.72. The number of aliphatic hydroxyl groups is 1. The van der Waals surface area contributed by atoms with E-state index in [2.05, 4.69) is 12.2 Å². The molecule has 5 atom stereocenters. The SMILES string of the molecule is C[C@H]1C[C@H](C)[C@@H]2CC[C@H](O)CC(=O)NC(=O)C[C@H]2C1=O. The van der Waals surface area contributed by atoms with Gasteiger partial charge in [-0.3, -0.25) is 19.7 Å². The van der Waals surface area contributed by atoms with Crippen LogP contribution in [0.15, 0.2) is 0 Å². The number of imide groups is 1. The maximum Gasteiger partial charge on any atom is 0.229 e. The van der Waals surface area contributed by atoms with Crippen molar-refractivity contribution in [2.45, 2.75) is 52.1 Å². The molecule has 0 radical (unpaired) electrons. The van der Waals surface area contributed by atoms with Crippen LogP contribution in [0.5, 0.6) is 0 Å². The van der Waals surface area contributed by atoms with Crippen LogP contribution < -0.4 is 5.32 Å². The van der Waals surface area contributed by atoms with Gasteiger partial charge in [0.05, 0.1) is 12.5 Å². The van der Waals surface area contributed by atoms with Gasteiger partial charge < -0.3 is 5.11 Å². The summed E-state index contributed by atoms with van der Waals surface area (Å²) in [6.45, 7) is 4.02. The molecule has 2 aliphatic rings. The number of amides is 2. The molecule has 1 aliphatic heterocycles. The number of nitrogens with one attached hydrogen (secondary N) is 1. The molecule has 20 heavy (non-hydrogen) atoms. The van der Waals surface area contributed by atoms with Crippen LogP contribution in [-0.4, -0.2) is 28.8 Å². The van der Waals surface area contributed by atoms with Gasteiger partial charge in [0.15, 0.2) is 0 Å². The van der Waals surface area contributed by atoms with Gasteiger partial charge in [0.1, 0.15) is 5.78 Å². The van der Waals surface area contributed by atoms with Crippen molar-refractivity contribution in [2.75, 3.05) is 0 Å². The second-order valence-corrected chi connectivity index (χ2v) is 6.40. The Bertz CT molecular complexity index is 420. The van der Waals surface area contributed by atoms with E-state index < -0.39 is 17.9 Å². The summed E-state index contributed by atoms with van der Waals surface area (Å²) in [4.78, 5) is 35.7. The fourth-order valence-electron chi connectivity index (χ4n) is 3.72. The molecule has 2 fully saturated rings. The number of aliphatic hydroxyl groups excluding tert-OH is 1. The first-order valence-corrected chi connectivity index (χ1v) is 7.43. The third-order valence-electron chi connectivity index (χ3n) is 4.76. The molecule has 0 unspecified atom stereocenters. The first kappa shape index (κ1) is 15.2. The molecule has 2 rings (SSSR count). The molecule has 1 heterocycles. The molecule has 1 aliphatic carbocycles. The monoisotopic (exact) mass is 281 g/mol. The summed E-state index contributed by atoms with van der Waals surface area (Å²) in [6, 6.07) is 0. The number of ketones is 1. The Morgan fingerprint density at radius 1 is 1.05 bits per heavy atom. The summed E-state index contributed by atoms with van der Waals surface area (Å²) < 4.78 is 0. The summed E-state index contributed by atoms with van der Waals surface area (Å²) in [6.07, 6.45) is 1.38. The van der Waals surface area contributed by atoms with Gasteiger partial charge in [-0.1, -0.05) is 13.8 Å². The number of fused-ring (bicyclic) bond motifs is 1. The quantitative estimate of drug-likeness (QED) is 0.650. The zero-order valence-electron chi connectivity index (χ0n) is 12.1. The van der Waals surface area contributed by atoms with Crippen LogP contribution in [-0.2, 0) is 14.4 Å². The largest absolute Gasteiger partial charge is 0.393 e. The number of hydrogen-bond donors (Lipinski definition) is 2. The lowest BCUT2D eigenvalue weighted by Gasteiger charge is -2.39. The third kappa shape index (κ3) is 3.26. The first-order valence-electron chi connectivity index (χ1n) is 7.43. The number of Topliss-reactive ketones (excluding diaryl/α,β-unsaturated/α-hetero) is 1. The van der Waals surface area contributed by atoms with E-state index >= 15 is 0 Å². The molecule has 112 valence electrons. The number of rotatable bonds is 0. The number of carbonyl (C=O) groups excluding carboxylic acids is 3. The average molecular weight is 281 g/mol. The minimum absolute atomic E-state index is 0.0254. The van der Waals surface area contributed by atoms with Crippen LogP contribution in [0.4, 0.5) is 0 Å². The van der Waals surface area contributed by atoms with Crippen molar-refractivity contribution in [2.24, 2.45) is 23.7 Å². The van der Waals surface area contributed by atoms with Gasteiger partial charge in [0.2, 0.25) is 11.8 Å². The second-order valence-electron chi connectivity index (χ2n) is 6.40. The van der Waals surface area contributed by atoms with Crippen LogP contribution in [0.25, 0.3) is 0 Å². The van der Waals surface area contributed by atoms with Crippen molar-refractivity contribution >= 4 is 17.6 Å². The summed E-state index contributed by atoms with van der Waals surface area (Å²) in [5.74, 6) is -0.561. The maximum atomic E-state index is 12.3. The summed E-state index contributed by atoms with van der Waals surface area (Å²) in [5, 5.41) is 12.1. The van der Waals surface area contributed by atoms with Crippen LogP contribution in [0.3, 0.4) is 0 Å². The fraction of sp³-hybridized carbons (Fsp3) is 0.800. The van der Waals surface area contributed by atoms with Gasteiger partial charge in [-0.25, -0.2) is 0 Å². The predicted molar refractivity (Wildman–Crippen MR) is 72.6 cm³/mol. The summed E-state index contributed by atoms with van der Waals surface area (Å²) in [7, 11) is 0. The Hall–Kier alpha value is -1.23. The molecule has 1 saturated heterocycles. The second kappa shape index (κ2) is 6.04. The maximum absolute atomic E-state index is 12.3. The highest BCUT2D eigenvalue weighted by Gasteiger charge is 2.41. The Morgan fingerprint density at radius 3 is 2.40 bits per heavy atom. The zero-order valence-corrected chi connectivity index (χ0v) is 12.1. The third-order valence-corrected chi connectivity index (χ3v) is 4.76. The van der Waals surface area contributed by atoms with Crippen LogP contribution >= 0.6 is 0 Å². The van der Waals surface area contributed by atoms with Gasteiger partial charge in [0, 0.05) is 18.3 Å². The van der Waals surface area contributed by atoms with Crippen LogP contribution in [0.1, 0.15) is 46.0 Å². The van der Waals surface area contributed by atoms with Crippen molar-refractivity contribution in [3.05, 3.63) is 0 Å². The highest BCUT2D eigenvalue weighted by atomic mass is 16.3. The van der Waals surface area contributed by atoms with E-state index in [1.54, 1.807) is 0 Å². The summed E-state index contributed by atoms with van der Waals surface area (Å²) in [5.41, 5.74) is 0. The normalized spacial score (nSPS) is 40.0. The lowest BCUT2D eigenvalue weighted by molar-refractivity contribution is -0.140. The average Bonchev–Trinajstić information content (AvgIpc) is 2.34. The lowest BCUT2D eigenvalue weighted by atomic mass is 9.65. The molecule has 0 aromatic carbocycles. The number of carbonyl (C=O) groups is 3. The Morgan fingerprint density at radius 2 is 1.70 bits per heavy atom. The molecule has 1 saturated carbocycles. The molecule has 0 bridgehead atoms. The topological polar surface area (TPSA) is 83.5 Å². The van der Waals surface area contributed by atoms with Crippen LogP contribution in [0.2, 0.25) is 0 Å². The van der Waals surface area contributed by atoms with Crippen molar-refractivity contribution in [3.8, 4) is 0 Å². The molecule has 5 heteroatoms. The number of hydrogen-bond acceptors (Lipinski definition) is 4. The molecular weight excluding hydrogens is 258 g/mol. The lowest BCUT2D eigenvalue weighted by Crippen LogP contribution is -2.44. The minimum Gasteiger partial charge on any atom is -0.393 e. The Kier molecular flexibility index (Phi) is 4.58. The predicted octanol–water partition coefficient (Wildman–Crippen LogP) is 1.04. The summed E-state index contributed by atoms with van der Waals surface area (Å²) >= 11 is 0. The van der Waals surface area contributed by atoms with Gasteiger partial charge in [-0.05, 0) is 31.1 Å². The van der Waals surface area contributed by atoms with E-state index in [-0.39, 0.29) is 36.4 Å². The van der Waals surface area contributed by atoms with E-state index in [9.17, 15) is 19.5 Å². The smallest absolute Gasteiger partial charge is 0.229 e. The molecule has 2 amide bonds. The standard InChI is InChI=1S/C15H23NO4/c1-8-5-9(2)15(20)12-7-14(19)16-13(18)6-10(17)3-4-11(8)12/h8-12,17H,3-7H2,1-2H3,(H,16,18,19)/t8-,9-,10-,11-,12+/m0/s1. The van der Waals surface area contributed by atoms with Crippen molar-refractivity contribution in [1.29, 1.82) is 0 Å². The molecular formula is C15H23NO4. The van der Waals surface area contributed by atoms with E-state index in [0.717, 1.165) is 6.42 Å². The molecule has 0 spiro atoms. The molecule has 0 aromatic heterocycles.